The highest BCUT2D eigenvalue weighted by atomic mass is 35.5. The molecule has 0 bridgehead atoms. The zero-order chi connectivity index (χ0) is 15.0. The normalized spacial score (nSPS) is 10.8. The third-order valence-electron chi connectivity index (χ3n) is 3.17. The van der Waals surface area contributed by atoms with E-state index in [1.54, 1.807) is 24.4 Å². The van der Waals surface area contributed by atoms with E-state index in [0.717, 1.165) is 16.5 Å². The van der Waals surface area contributed by atoms with Gasteiger partial charge >= 0.3 is 0 Å². The van der Waals surface area contributed by atoms with Gasteiger partial charge in [-0.3, -0.25) is 4.98 Å². The van der Waals surface area contributed by atoms with Gasteiger partial charge in [-0.25, -0.2) is 4.39 Å². The van der Waals surface area contributed by atoms with Crippen LogP contribution in [0.4, 0.5) is 10.1 Å². The van der Waals surface area contributed by atoms with Crippen LogP contribution in [0.5, 0.6) is 11.5 Å². The highest BCUT2D eigenvalue weighted by molar-refractivity contribution is 6.30. The molecule has 2 aromatic carbocycles. The Morgan fingerprint density at radius 1 is 1.14 bits per heavy atom. The molecule has 5 heteroatoms. The van der Waals surface area contributed by atoms with Gasteiger partial charge in [-0.2, -0.15) is 0 Å². The molecule has 3 aromatic rings. The molecule has 0 radical (unpaired) electrons. The van der Waals surface area contributed by atoms with Crippen molar-refractivity contribution in [2.75, 3.05) is 5.73 Å². The lowest BCUT2D eigenvalue weighted by Crippen LogP contribution is -1.94. The summed E-state index contributed by atoms with van der Waals surface area (Å²) in [6.45, 7) is 1.87. The average Bonchev–Trinajstić information content (AvgIpc) is 2.46. The fraction of sp³-hybridized carbons (Fsp3) is 0.0625. The summed E-state index contributed by atoms with van der Waals surface area (Å²) in [7, 11) is 0. The van der Waals surface area contributed by atoms with E-state index in [-0.39, 0.29) is 10.8 Å². The van der Waals surface area contributed by atoms with Crippen molar-refractivity contribution >= 4 is 28.1 Å². The Kier molecular flexibility index (Phi) is 3.39. The first-order valence-electron chi connectivity index (χ1n) is 6.33. The molecule has 0 aliphatic carbocycles. The first-order chi connectivity index (χ1) is 10.1. The van der Waals surface area contributed by atoms with Gasteiger partial charge in [0.2, 0.25) is 0 Å². The maximum Gasteiger partial charge on any atom is 0.184 e. The van der Waals surface area contributed by atoms with Crippen molar-refractivity contribution in [2.45, 2.75) is 6.92 Å². The summed E-state index contributed by atoms with van der Waals surface area (Å²) in [5.41, 5.74) is 7.35. The van der Waals surface area contributed by atoms with Crippen LogP contribution in [0.1, 0.15) is 5.69 Å². The van der Waals surface area contributed by atoms with E-state index in [0.29, 0.717) is 11.4 Å². The number of halogens is 2. The van der Waals surface area contributed by atoms with Gasteiger partial charge in [0, 0.05) is 28.4 Å². The van der Waals surface area contributed by atoms with E-state index in [1.165, 1.54) is 12.1 Å². The minimum atomic E-state index is -0.588. The number of hydrogen-bond acceptors (Lipinski definition) is 3. The highest BCUT2D eigenvalue weighted by Crippen LogP contribution is 2.35. The van der Waals surface area contributed by atoms with Crippen molar-refractivity contribution in [3.8, 4) is 11.5 Å². The van der Waals surface area contributed by atoms with Gasteiger partial charge < -0.3 is 10.5 Å². The monoisotopic (exact) mass is 302 g/mol. The van der Waals surface area contributed by atoms with Gasteiger partial charge in [0.1, 0.15) is 5.75 Å². The van der Waals surface area contributed by atoms with Gasteiger partial charge in [-0.15, -0.1) is 0 Å². The zero-order valence-electron chi connectivity index (χ0n) is 11.2. The third-order valence-corrected chi connectivity index (χ3v) is 3.46. The van der Waals surface area contributed by atoms with Gasteiger partial charge in [0.05, 0.1) is 5.02 Å². The molecule has 0 atom stereocenters. The standard InChI is InChI=1S/C16H12ClFN2O/c1-9-7-10-11(8-20-9)13(19)5-6-14(10)21-15-4-2-3-12(17)16(15)18/h2-8H,19H2,1H3. The van der Waals surface area contributed by atoms with E-state index in [9.17, 15) is 4.39 Å². The van der Waals surface area contributed by atoms with Crippen LogP contribution in [0.2, 0.25) is 5.02 Å². The molecule has 21 heavy (non-hydrogen) atoms. The second-order valence-electron chi connectivity index (χ2n) is 4.68. The van der Waals surface area contributed by atoms with Crippen molar-refractivity contribution in [2.24, 2.45) is 0 Å². The molecule has 0 fully saturated rings. The van der Waals surface area contributed by atoms with Crippen molar-refractivity contribution < 1.29 is 9.13 Å². The summed E-state index contributed by atoms with van der Waals surface area (Å²) >= 11 is 5.76. The minimum absolute atomic E-state index is 0.0186. The second-order valence-corrected chi connectivity index (χ2v) is 5.09. The maximum absolute atomic E-state index is 14.0. The summed E-state index contributed by atoms with van der Waals surface area (Å²) < 4.78 is 19.6. The Labute approximate surface area is 126 Å². The molecule has 2 N–H and O–H groups in total. The van der Waals surface area contributed by atoms with Crippen LogP contribution in [0.15, 0.2) is 42.6 Å². The van der Waals surface area contributed by atoms with Crippen LogP contribution in [0, 0.1) is 12.7 Å². The molecule has 0 unspecified atom stereocenters. The summed E-state index contributed by atoms with van der Waals surface area (Å²) in [5, 5.41) is 1.56. The molecule has 0 aliphatic heterocycles. The Morgan fingerprint density at radius 3 is 2.76 bits per heavy atom. The van der Waals surface area contributed by atoms with E-state index in [1.807, 2.05) is 13.0 Å². The first-order valence-corrected chi connectivity index (χ1v) is 6.71. The second kappa shape index (κ2) is 5.22. The number of aryl methyl sites for hydroxylation is 1. The number of pyridine rings is 1. The lowest BCUT2D eigenvalue weighted by Gasteiger charge is -2.12. The summed E-state index contributed by atoms with van der Waals surface area (Å²) in [6.07, 6.45) is 1.68. The van der Waals surface area contributed by atoms with Gasteiger partial charge in [-0.1, -0.05) is 17.7 Å². The largest absolute Gasteiger partial charge is 0.454 e. The number of nitrogens with zero attached hydrogens (tertiary/aromatic N) is 1. The number of ether oxygens (including phenoxy) is 1. The van der Waals surface area contributed by atoms with E-state index in [4.69, 9.17) is 22.1 Å². The van der Waals surface area contributed by atoms with E-state index >= 15 is 0 Å². The Hall–Kier alpha value is -2.33. The maximum atomic E-state index is 14.0. The lowest BCUT2D eigenvalue weighted by atomic mass is 10.1. The molecule has 3 rings (SSSR count). The number of rotatable bonds is 2. The number of aromatic nitrogens is 1. The molecular formula is C16H12ClFN2O. The minimum Gasteiger partial charge on any atom is -0.454 e. The van der Waals surface area contributed by atoms with Crippen LogP contribution in [0.25, 0.3) is 10.8 Å². The quantitative estimate of drug-likeness (QED) is 0.697. The van der Waals surface area contributed by atoms with Gasteiger partial charge in [0.15, 0.2) is 11.6 Å². The van der Waals surface area contributed by atoms with E-state index in [2.05, 4.69) is 4.98 Å². The molecule has 0 aliphatic rings. The molecule has 1 aromatic heterocycles. The van der Waals surface area contributed by atoms with Crippen molar-refractivity contribution in [3.05, 3.63) is 59.1 Å². The fourth-order valence-electron chi connectivity index (χ4n) is 2.11. The smallest absolute Gasteiger partial charge is 0.184 e. The molecule has 0 spiro atoms. The Morgan fingerprint density at radius 2 is 1.95 bits per heavy atom. The Balaban J connectivity index is 2.15. The van der Waals surface area contributed by atoms with Crippen molar-refractivity contribution in [1.82, 2.24) is 4.98 Å². The van der Waals surface area contributed by atoms with Crippen LogP contribution >= 0.6 is 11.6 Å². The summed E-state index contributed by atoms with van der Waals surface area (Å²) in [5.74, 6) is -0.0103. The number of fused-ring (bicyclic) bond motifs is 1. The predicted molar refractivity (Wildman–Crippen MR) is 82.4 cm³/mol. The lowest BCUT2D eigenvalue weighted by molar-refractivity contribution is 0.446. The number of nitrogen functional groups attached to an aromatic ring is 1. The number of hydrogen-bond donors (Lipinski definition) is 1. The fourth-order valence-corrected chi connectivity index (χ4v) is 2.27. The molecule has 3 nitrogen and oxygen atoms in total. The number of anilines is 1. The molecule has 0 amide bonds. The highest BCUT2D eigenvalue weighted by Gasteiger charge is 2.12. The summed E-state index contributed by atoms with van der Waals surface area (Å²) in [4.78, 5) is 4.22. The molecule has 0 saturated heterocycles. The number of benzene rings is 2. The zero-order valence-corrected chi connectivity index (χ0v) is 12.0. The SMILES string of the molecule is Cc1cc2c(Oc3cccc(Cl)c3F)ccc(N)c2cn1. The topological polar surface area (TPSA) is 48.1 Å². The van der Waals surface area contributed by atoms with Crippen LogP contribution in [-0.2, 0) is 0 Å². The van der Waals surface area contributed by atoms with Gasteiger partial charge in [0.25, 0.3) is 0 Å². The summed E-state index contributed by atoms with van der Waals surface area (Å²) in [6, 6.07) is 9.89. The van der Waals surface area contributed by atoms with Crippen LogP contribution in [-0.4, -0.2) is 4.98 Å². The third kappa shape index (κ3) is 2.50. The average molecular weight is 303 g/mol. The van der Waals surface area contributed by atoms with Crippen molar-refractivity contribution in [3.63, 3.8) is 0 Å². The molecule has 0 saturated carbocycles. The first kappa shape index (κ1) is 13.6. The van der Waals surface area contributed by atoms with Crippen LogP contribution < -0.4 is 10.5 Å². The Bertz CT molecular complexity index is 836. The predicted octanol–water partition coefficient (Wildman–Crippen LogP) is 4.71. The molecule has 106 valence electrons. The number of nitrogens with two attached hydrogens (primary N) is 1. The van der Waals surface area contributed by atoms with Gasteiger partial charge in [-0.05, 0) is 37.3 Å². The molecular weight excluding hydrogens is 291 g/mol. The van der Waals surface area contributed by atoms with Crippen LogP contribution in [0.3, 0.4) is 0 Å². The van der Waals surface area contributed by atoms with Crippen molar-refractivity contribution in [1.29, 1.82) is 0 Å². The molecule has 1 heterocycles. The van der Waals surface area contributed by atoms with E-state index < -0.39 is 5.82 Å².